The van der Waals surface area contributed by atoms with Gasteiger partial charge >= 0.3 is 0 Å². The molecule has 2 N–H and O–H groups in total. The minimum atomic E-state index is -0.120. The molecule has 226 valence electrons. The van der Waals surface area contributed by atoms with Crippen molar-refractivity contribution in [3.8, 4) is 0 Å². The number of ketones is 2. The van der Waals surface area contributed by atoms with Gasteiger partial charge in [-0.3, -0.25) is 9.59 Å². The Hall–Kier alpha value is -0.740. The van der Waals surface area contributed by atoms with E-state index in [4.69, 9.17) is 5.73 Å². The zero-order valence-corrected chi connectivity index (χ0v) is 26.2. The summed E-state index contributed by atoms with van der Waals surface area (Å²) >= 11 is 0. The van der Waals surface area contributed by atoms with Crippen molar-refractivity contribution in [1.29, 1.82) is 0 Å². The van der Waals surface area contributed by atoms with Crippen LogP contribution in [0.25, 0.3) is 0 Å². The van der Waals surface area contributed by atoms with E-state index in [0.29, 0.717) is 31.6 Å². The first-order valence-electron chi connectivity index (χ1n) is 16.9. The van der Waals surface area contributed by atoms with Crippen molar-refractivity contribution in [2.45, 2.75) is 174 Å². The van der Waals surface area contributed by atoms with Gasteiger partial charge in [0.2, 0.25) is 0 Å². The first kappa shape index (κ1) is 37.3. The SMILES string of the molecule is CCCCCCCCCCCCCCCCCC(=O)CC(CN(C)C)C(=O)CCCCCCCCCCN. The summed E-state index contributed by atoms with van der Waals surface area (Å²) in [7, 11) is 4.01. The average molecular weight is 537 g/mol. The number of nitrogens with two attached hydrogens (primary N) is 1. The molecule has 0 saturated heterocycles. The molecule has 0 aliphatic carbocycles. The summed E-state index contributed by atoms with van der Waals surface area (Å²) in [4.78, 5) is 27.5. The van der Waals surface area contributed by atoms with Crippen molar-refractivity contribution in [3.63, 3.8) is 0 Å². The fraction of sp³-hybridized carbons (Fsp3) is 0.941. The van der Waals surface area contributed by atoms with Crippen molar-refractivity contribution in [1.82, 2.24) is 4.90 Å². The lowest BCUT2D eigenvalue weighted by molar-refractivity contribution is -0.128. The molecule has 0 aromatic rings. The van der Waals surface area contributed by atoms with Crippen molar-refractivity contribution in [2.24, 2.45) is 11.7 Å². The van der Waals surface area contributed by atoms with Crippen molar-refractivity contribution < 1.29 is 9.59 Å². The van der Waals surface area contributed by atoms with Gasteiger partial charge in [0, 0.05) is 31.7 Å². The van der Waals surface area contributed by atoms with Gasteiger partial charge in [0.05, 0.1) is 0 Å². The van der Waals surface area contributed by atoms with E-state index in [-0.39, 0.29) is 11.7 Å². The molecule has 0 aromatic heterocycles. The maximum absolute atomic E-state index is 12.8. The van der Waals surface area contributed by atoms with Gasteiger partial charge in [-0.05, 0) is 39.9 Å². The fourth-order valence-corrected chi connectivity index (χ4v) is 5.50. The van der Waals surface area contributed by atoms with Crippen LogP contribution in [0.2, 0.25) is 0 Å². The Morgan fingerprint density at radius 2 is 0.921 bits per heavy atom. The lowest BCUT2D eigenvalue weighted by Gasteiger charge is -2.19. The normalized spacial score (nSPS) is 12.3. The van der Waals surface area contributed by atoms with E-state index in [1.54, 1.807) is 0 Å². The van der Waals surface area contributed by atoms with Gasteiger partial charge < -0.3 is 10.6 Å². The molecule has 0 spiro atoms. The average Bonchev–Trinajstić information content (AvgIpc) is 2.89. The van der Waals surface area contributed by atoms with Gasteiger partial charge in [-0.2, -0.15) is 0 Å². The van der Waals surface area contributed by atoms with E-state index in [2.05, 4.69) is 11.8 Å². The van der Waals surface area contributed by atoms with E-state index in [9.17, 15) is 9.59 Å². The van der Waals surface area contributed by atoms with E-state index >= 15 is 0 Å². The summed E-state index contributed by atoms with van der Waals surface area (Å²) in [6.07, 6.45) is 31.3. The second kappa shape index (κ2) is 29.2. The molecule has 0 amide bonds. The number of Topliss-reactive ketones (excluding diaryl/α,β-unsaturated/α-hetero) is 2. The molecule has 1 unspecified atom stereocenters. The summed E-state index contributed by atoms with van der Waals surface area (Å²) in [5.41, 5.74) is 5.54. The van der Waals surface area contributed by atoms with Crippen LogP contribution in [0.5, 0.6) is 0 Å². The Kier molecular flexibility index (Phi) is 28.7. The third kappa shape index (κ3) is 26.9. The molecule has 4 nitrogen and oxygen atoms in total. The molecule has 0 fully saturated rings. The molecular formula is C34H68N2O2. The fourth-order valence-electron chi connectivity index (χ4n) is 5.50. The molecule has 0 aromatic carbocycles. The van der Waals surface area contributed by atoms with Crippen LogP contribution in [0.15, 0.2) is 0 Å². The topological polar surface area (TPSA) is 63.4 Å². The summed E-state index contributed by atoms with van der Waals surface area (Å²) in [6.45, 7) is 3.78. The van der Waals surface area contributed by atoms with Crippen molar-refractivity contribution in [2.75, 3.05) is 27.2 Å². The summed E-state index contributed by atoms with van der Waals surface area (Å²) in [5.74, 6) is 0.467. The predicted octanol–water partition coefficient (Wildman–Crippen LogP) is 9.42. The molecule has 38 heavy (non-hydrogen) atoms. The number of nitrogens with zero attached hydrogens (tertiary/aromatic N) is 1. The van der Waals surface area contributed by atoms with E-state index in [1.165, 1.54) is 116 Å². The van der Waals surface area contributed by atoms with Crippen LogP contribution >= 0.6 is 0 Å². The monoisotopic (exact) mass is 537 g/mol. The molecule has 4 heteroatoms. The number of hydrogen-bond donors (Lipinski definition) is 1. The Balaban J connectivity index is 3.77. The minimum absolute atomic E-state index is 0.120. The molecule has 0 bridgehead atoms. The van der Waals surface area contributed by atoms with Crippen LogP contribution in [-0.2, 0) is 9.59 Å². The lowest BCUT2D eigenvalue weighted by atomic mass is 9.91. The molecule has 0 rings (SSSR count). The summed E-state index contributed by atoms with van der Waals surface area (Å²) in [5, 5.41) is 0. The van der Waals surface area contributed by atoms with Gasteiger partial charge in [-0.1, -0.05) is 135 Å². The Bertz CT molecular complexity index is 521. The third-order valence-electron chi connectivity index (χ3n) is 7.95. The Labute approximate surface area is 238 Å². The molecule has 0 heterocycles. The molecule has 1 atom stereocenters. The van der Waals surface area contributed by atoms with Gasteiger partial charge in [0.1, 0.15) is 11.6 Å². The van der Waals surface area contributed by atoms with Crippen molar-refractivity contribution in [3.05, 3.63) is 0 Å². The largest absolute Gasteiger partial charge is 0.330 e. The highest BCUT2D eigenvalue weighted by atomic mass is 16.1. The zero-order chi connectivity index (χ0) is 28.1. The number of rotatable bonds is 31. The summed E-state index contributed by atoms with van der Waals surface area (Å²) < 4.78 is 0. The van der Waals surface area contributed by atoms with Gasteiger partial charge in [0.25, 0.3) is 0 Å². The van der Waals surface area contributed by atoms with Gasteiger partial charge in [-0.15, -0.1) is 0 Å². The van der Waals surface area contributed by atoms with E-state index in [0.717, 1.165) is 38.6 Å². The third-order valence-corrected chi connectivity index (χ3v) is 7.95. The zero-order valence-electron chi connectivity index (χ0n) is 26.2. The standard InChI is InChI=1S/C34H68N2O2/c1-4-5-6-7-8-9-10-11-12-13-14-15-18-21-24-27-33(37)30-32(31-36(2)3)34(38)28-25-22-19-16-17-20-23-26-29-35/h32H,4-31,35H2,1-3H3. The number of unbranched alkanes of at least 4 members (excludes halogenated alkanes) is 21. The molecule has 0 aliphatic rings. The lowest BCUT2D eigenvalue weighted by Crippen LogP contribution is -2.29. The van der Waals surface area contributed by atoms with Gasteiger partial charge in [-0.25, -0.2) is 0 Å². The quantitative estimate of drug-likeness (QED) is 0.0896. The highest BCUT2D eigenvalue weighted by molar-refractivity contribution is 5.88. The predicted molar refractivity (Wildman–Crippen MR) is 167 cm³/mol. The van der Waals surface area contributed by atoms with Crippen LogP contribution < -0.4 is 5.73 Å². The highest BCUT2D eigenvalue weighted by Gasteiger charge is 2.21. The van der Waals surface area contributed by atoms with Crippen LogP contribution in [0.3, 0.4) is 0 Å². The number of hydrogen-bond acceptors (Lipinski definition) is 4. The maximum Gasteiger partial charge on any atom is 0.137 e. The Morgan fingerprint density at radius 3 is 1.32 bits per heavy atom. The molecule has 0 aliphatic heterocycles. The smallest absolute Gasteiger partial charge is 0.137 e. The first-order valence-corrected chi connectivity index (χ1v) is 16.9. The first-order chi connectivity index (χ1) is 18.5. The van der Waals surface area contributed by atoms with Gasteiger partial charge in [0.15, 0.2) is 0 Å². The number of carbonyl (C=O) groups excluding carboxylic acids is 2. The highest BCUT2D eigenvalue weighted by Crippen LogP contribution is 2.17. The maximum atomic E-state index is 12.8. The van der Waals surface area contributed by atoms with E-state index in [1.807, 2.05) is 14.1 Å². The van der Waals surface area contributed by atoms with Crippen LogP contribution in [-0.4, -0.2) is 43.7 Å². The van der Waals surface area contributed by atoms with Crippen LogP contribution in [0.4, 0.5) is 0 Å². The van der Waals surface area contributed by atoms with Crippen LogP contribution in [0.1, 0.15) is 174 Å². The molecule has 0 saturated carbocycles. The molecular weight excluding hydrogens is 468 g/mol. The van der Waals surface area contributed by atoms with E-state index < -0.39 is 0 Å². The number of carbonyl (C=O) groups is 2. The molecule has 0 radical (unpaired) electrons. The van der Waals surface area contributed by atoms with Crippen LogP contribution in [0, 0.1) is 5.92 Å². The summed E-state index contributed by atoms with van der Waals surface area (Å²) in [6, 6.07) is 0. The second-order valence-electron chi connectivity index (χ2n) is 12.2. The van der Waals surface area contributed by atoms with Crippen molar-refractivity contribution >= 4 is 11.6 Å². The minimum Gasteiger partial charge on any atom is -0.330 e. The second-order valence-corrected chi connectivity index (χ2v) is 12.2. The Morgan fingerprint density at radius 1 is 0.553 bits per heavy atom.